The third kappa shape index (κ3) is 3.86. The van der Waals surface area contributed by atoms with Gasteiger partial charge in [-0.05, 0) is 43.9 Å². The van der Waals surface area contributed by atoms with Crippen molar-refractivity contribution in [3.8, 4) is 0 Å². The van der Waals surface area contributed by atoms with Crippen molar-refractivity contribution in [1.82, 2.24) is 4.90 Å². The van der Waals surface area contributed by atoms with Gasteiger partial charge in [0.1, 0.15) is 12.4 Å². The van der Waals surface area contributed by atoms with Gasteiger partial charge in [0.25, 0.3) is 5.91 Å². The number of nitrogens with two attached hydrogens (primary N) is 1. The Balaban J connectivity index is 2.25. The van der Waals surface area contributed by atoms with Crippen molar-refractivity contribution in [3.05, 3.63) is 29.6 Å². The molecule has 0 heterocycles. The minimum absolute atomic E-state index is 0.0364. The van der Waals surface area contributed by atoms with Crippen LogP contribution in [0.3, 0.4) is 0 Å². The highest BCUT2D eigenvalue weighted by molar-refractivity contribution is 5.95. The van der Waals surface area contributed by atoms with Crippen LogP contribution in [-0.2, 0) is 0 Å². The van der Waals surface area contributed by atoms with Gasteiger partial charge < -0.3 is 10.6 Å². The summed E-state index contributed by atoms with van der Waals surface area (Å²) in [6, 6.07) is 2.69. The third-order valence-electron chi connectivity index (χ3n) is 3.65. The van der Waals surface area contributed by atoms with Crippen LogP contribution in [0.5, 0.6) is 0 Å². The molecular weight excluding hydrogens is 288 g/mol. The molecular formula is C14H16F4N2O. The number of amides is 1. The lowest BCUT2D eigenvalue weighted by Crippen LogP contribution is -2.45. The van der Waals surface area contributed by atoms with Crippen LogP contribution in [-0.4, -0.2) is 29.6 Å². The van der Waals surface area contributed by atoms with Crippen LogP contribution in [0, 0.1) is 11.7 Å². The van der Waals surface area contributed by atoms with E-state index >= 15 is 0 Å². The van der Waals surface area contributed by atoms with Gasteiger partial charge in [0.05, 0.1) is 5.69 Å². The fourth-order valence-corrected chi connectivity index (χ4v) is 2.27. The number of hydrogen-bond acceptors (Lipinski definition) is 2. The number of nitrogen functional groups attached to an aromatic ring is 1. The number of halogens is 4. The average molecular weight is 304 g/mol. The highest BCUT2D eigenvalue weighted by Crippen LogP contribution is 2.36. The van der Waals surface area contributed by atoms with Gasteiger partial charge >= 0.3 is 6.18 Å². The third-order valence-corrected chi connectivity index (χ3v) is 3.65. The van der Waals surface area contributed by atoms with Crippen molar-refractivity contribution >= 4 is 11.6 Å². The molecule has 1 aromatic rings. The predicted molar refractivity (Wildman–Crippen MR) is 70.1 cm³/mol. The molecule has 0 saturated heterocycles. The fraction of sp³-hybridized carbons (Fsp3) is 0.500. The molecule has 7 heteroatoms. The SMILES string of the molecule is CC(C1CC1)N(CC(F)(F)F)C(=O)c1ccc(F)c(N)c1. The molecule has 1 atom stereocenters. The van der Waals surface area contributed by atoms with E-state index in [4.69, 9.17) is 5.73 Å². The molecule has 0 bridgehead atoms. The Labute approximate surface area is 119 Å². The zero-order valence-corrected chi connectivity index (χ0v) is 11.5. The van der Waals surface area contributed by atoms with E-state index in [1.807, 2.05) is 0 Å². The number of benzene rings is 1. The molecule has 1 saturated carbocycles. The zero-order chi connectivity index (χ0) is 15.8. The van der Waals surface area contributed by atoms with Gasteiger partial charge in [0, 0.05) is 11.6 Å². The summed E-state index contributed by atoms with van der Waals surface area (Å²) in [5.41, 5.74) is 5.07. The highest BCUT2D eigenvalue weighted by atomic mass is 19.4. The molecule has 116 valence electrons. The van der Waals surface area contributed by atoms with Crippen molar-refractivity contribution in [2.75, 3.05) is 12.3 Å². The molecule has 0 radical (unpaired) electrons. The maximum absolute atomic E-state index is 13.1. The monoisotopic (exact) mass is 304 g/mol. The maximum atomic E-state index is 13.1. The summed E-state index contributed by atoms with van der Waals surface area (Å²) in [5.74, 6) is -1.39. The molecule has 1 unspecified atom stereocenters. The maximum Gasteiger partial charge on any atom is 0.406 e. The van der Waals surface area contributed by atoms with Gasteiger partial charge in [0.15, 0.2) is 0 Å². The molecule has 1 aromatic carbocycles. The first-order valence-electron chi connectivity index (χ1n) is 6.62. The number of alkyl halides is 3. The lowest BCUT2D eigenvalue weighted by atomic mass is 10.1. The van der Waals surface area contributed by atoms with Crippen LogP contribution in [0.2, 0.25) is 0 Å². The predicted octanol–water partition coefficient (Wildman–Crippen LogP) is 3.21. The normalized spacial score (nSPS) is 16.6. The molecule has 1 aliphatic carbocycles. The van der Waals surface area contributed by atoms with E-state index < -0.39 is 30.5 Å². The van der Waals surface area contributed by atoms with Gasteiger partial charge in [-0.1, -0.05) is 0 Å². The molecule has 2 N–H and O–H groups in total. The van der Waals surface area contributed by atoms with Gasteiger partial charge in [-0.15, -0.1) is 0 Å². The Morgan fingerprint density at radius 2 is 2.05 bits per heavy atom. The second kappa shape index (κ2) is 5.54. The summed E-state index contributed by atoms with van der Waals surface area (Å²) in [4.78, 5) is 13.1. The van der Waals surface area contributed by atoms with Crippen molar-refractivity contribution in [1.29, 1.82) is 0 Å². The molecule has 1 amide bonds. The highest BCUT2D eigenvalue weighted by Gasteiger charge is 2.40. The number of nitrogens with zero attached hydrogens (tertiary/aromatic N) is 1. The van der Waals surface area contributed by atoms with Crippen molar-refractivity contribution in [3.63, 3.8) is 0 Å². The summed E-state index contributed by atoms with van der Waals surface area (Å²) >= 11 is 0. The lowest BCUT2D eigenvalue weighted by Gasteiger charge is -2.30. The van der Waals surface area contributed by atoms with Crippen LogP contribution in [0.25, 0.3) is 0 Å². The summed E-state index contributed by atoms with van der Waals surface area (Å²) in [5, 5.41) is 0. The Hall–Kier alpha value is -1.79. The van der Waals surface area contributed by atoms with Crippen molar-refractivity contribution < 1.29 is 22.4 Å². The molecule has 2 rings (SSSR count). The van der Waals surface area contributed by atoms with Crippen LogP contribution in [0.4, 0.5) is 23.2 Å². The number of hydrogen-bond donors (Lipinski definition) is 1. The van der Waals surface area contributed by atoms with Gasteiger partial charge in [-0.2, -0.15) is 13.2 Å². The number of anilines is 1. The molecule has 1 fully saturated rings. The number of carbonyl (C=O) groups is 1. The van der Waals surface area contributed by atoms with Crippen LogP contribution < -0.4 is 5.73 Å². The molecule has 21 heavy (non-hydrogen) atoms. The van der Waals surface area contributed by atoms with E-state index in [0.717, 1.165) is 35.9 Å². The van der Waals surface area contributed by atoms with Gasteiger partial charge in [-0.25, -0.2) is 4.39 Å². The second-order valence-corrected chi connectivity index (χ2v) is 5.36. The smallest absolute Gasteiger partial charge is 0.396 e. The van der Waals surface area contributed by atoms with E-state index in [-0.39, 0.29) is 17.2 Å². The molecule has 0 aromatic heterocycles. The lowest BCUT2D eigenvalue weighted by molar-refractivity contribution is -0.144. The first kappa shape index (κ1) is 15.6. The van der Waals surface area contributed by atoms with E-state index in [0.29, 0.717) is 0 Å². The van der Waals surface area contributed by atoms with Crippen LogP contribution >= 0.6 is 0 Å². The molecule has 3 nitrogen and oxygen atoms in total. The van der Waals surface area contributed by atoms with E-state index in [2.05, 4.69) is 0 Å². The minimum atomic E-state index is -4.48. The topological polar surface area (TPSA) is 46.3 Å². The van der Waals surface area contributed by atoms with Gasteiger partial charge in [0.2, 0.25) is 0 Å². The van der Waals surface area contributed by atoms with E-state index in [9.17, 15) is 22.4 Å². The molecule has 0 spiro atoms. The van der Waals surface area contributed by atoms with Crippen molar-refractivity contribution in [2.24, 2.45) is 5.92 Å². The van der Waals surface area contributed by atoms with Crippen LogP contribution in [0.1, 0.15) is 30.1 Å². The first-order chi connectivity index (χ1) is 9.69. The Morgan fingerprint density at radius 1 is 1.43 bits per heavy atom. The average Bonchev–Trinajstić information content (AvgIpc) is 3.21. The standard InChI is InChI=1S/C14H16F4N2O/c1-8(9-2-3-9)20(7-14(16,17)18)13(21)10-4-5-11(15)12(19)6-10/h4-6,8-9H,2-3,7,19H2,1H3. The zero-order valence-electron chi connectivity index (χ0n) is 11.5. The van der Waals surface area contributed by atoms with E-state index in [1.54, 1.807) is 6.92 Å². The fourth-order valence-electron chi connectivity index (χ4n) is 2.27. The van der Waals surface area contributed by atoms with Crippen LogP contribution in [0.15, 0.2) is 18.2 Å². The second-order valence-electron chi connectivity index (χ2n) is 5.36. The van der Waals surface area contributed by atoms with E-state index in [1.165, 1.54) is 0 Å². The van der Waals surface area contributed by atoms with Crippen molar-refractivity contribution in [2.45, 2.75) is 32.0 Å². The summed E-state index contributed by atoms with van der Waals surface area (Å²) < 4.78 is 51.2. The Bertz CT molecular complexity index is 540. The quantitative estimate of drug-likeness (QED) is 0.686. The molecule has 1 aliphatic rings. The number of carbonyl (C=O) groups excluding carboxylic acids is 1. The summed E-state index contributed by atoms with van der Waals surface area (Å²) in [6.45, 7) is 0.287. The largest absolute Gasteiger partial charge is 0.406 e. The minimum Gasteiger partial charge on any atom is -0.396 e. The Kier molecular flexibility index (Phi) is 4.11. The molecule has 0 aliphatic heterocycles. The summed E-state index contributed by atoms with van der Waals surface area (Å²) in [7, 11) is 0. The first-order valence-corrected chi connectivity index (χ1v) is 6.62. The summed E-state index contributed by atoms with van der Waals surface area (Å²) in [6.07, 6.45) is -2.85. The number of rotatable bonds is 4. The van der Waals surface area contributed by atoms with Gasteiger partial charge in [-0.3, -0.25) is 4.79 Å². The Morgan fingerprint density at radius 3 is 2.52 bits per heavy atom.